The first-order valence-electron chi connectivity index (χ1n) is 6.66. The number of benzene rings is 1. The molecule has 1 aromatic carbocycles. The molecule has 0 spiro atoms. The molecular weight excluding hydrogens is 256 g/mol. The summed E-state index contributed by atoms with van der Waals surface area (Å²) in [5.41, 5.74) is 2.28. The van der Waals surface area contributed by atoms with Crippen molar-refractivity contribution in [2.24, 2.45) is 0 Å². The molecule has 1 aromatic rings. The van der Waals surface area contributed by atoms with Gasteiger partial charge in [0.25, 0.3) is 5.91 Å². The molecule has 1 unspecified atom stereocenters. The van der Waals surface area contributed by atoms with Crippen molar-refractivity contribution >= 4 is 17.7 Å². The molecule has 1 aliphatic heterocycles. The van der Waals surface area contributed by atoms with Crippen LogP contribution < -0.4 is 5.32 Å². The van der Waals surface area contributed by atoms with E-state index >= 15 is 0 Å². The van der Waals surface area contributed by atoms with Crippen LogP contribution in [0.5, 0.6) is 0 Å². The summed E-state index contributed by atoms with van der Waals surface area (Å²) in [7, 11) is 0. The fourth-order valence-electron chi connectivity index (χ4n) is 2.58. The van der Waals surface area contributed by atoms with Gasteiger partial charge in [-0.3, -0.25) is 19.7 Å². The number of hydrogen-bond donors (Lipinski definition) is 1. The van der Waals surface area contributed by atoms with Gasteiger partial charge in [0, 0.05) is 5.56 Å². The monoisotopic (exact) mass is 274 g/mol. The fourth-order valence-corrected chi connectivity index (χ4v) is 2.58. The molecule has 1 aliphatic rings. The number of imide groups is 1. The molecule has 1 saturated heterocycles. The molecule has 3 amide bonds. The molecule has 0 radical (unpaired) electrons. The molecule has 20 heavy (non-hydrogen) atoms. The first-order chi connectivity index (χ1) is 9.45. The number of aryl methyl sites for hydroxylation is 2. The molecule has 2 rings (SSSR count). The first kappa shape index (κ1) is 14.2. The zero-order valence-corrected chi connectivity index (χ0v) is 11.9. The van der Waals surface area contributed by atoms with Gasteiger partial charge in [-0.05, 0) is 31.4 Å². The van der Waals surface area contributed by atoms with Crippen LogP contribution in [0.15, 0.2) is 18.2 Å². The van der Waals surface area contributed by atoms with Crippen LogP contribution in [-0.2, 0) is 9.59 Å². The molecule has 0 bridgehead atoms. The third-order valence-electron chi connectivity index (χ3n) is 3.60. The lowest BCUT2D eigenvalue weighted by atomic mass is 9.99. The highest BCUT2D eigenvalue weighted by molar-refractivity contribution is 6.08. The van der Waals surface area contributed by atoms with Gasteiger partial charge in [0.05, 0.1) is 0 Å². The van der Waals surface area contributed by atoms with Crippen molar-refractivity contribution in [2.45, 2.75) is 33.2 Å². The Morgan fingerprint density at radius 1 is 1.30 bits per heavy atom. The third-order valence-corrected chi connectivity index (χ3v) is 3.60. The van der Waals surface area contributed by atoms with Crippen LogP contribution in [-0.4, -0.2) is 35.2 Å². The molecule has 5 heteroatoms. The van der Waals surface area contributed by atoms with Gasteiger partial charge in [-0.1, -0.05) is 25.1 Å². The summed E-state index contributed by atoms with van der Waals surface area (Å²) in [6.07, 6.45) is 0.482. The Labute approximate surface area is 118 Å². The zero-order valence-electron chi connectivity index (χ0n) is 11.9. The predicted molar refractivity (Wildman–Crippen MR) is 74.2 cm³/mol. The molecule has 5 nitrogen and oxygen atoms in total. The Morgan fingerprint density at radius 3 is 2.45 bits per heavy atom. The maximum absolute atomic E-state index is 12.7. The second-order valence-corrected chi connectivity index (χ2v) is 5.04. The van der Waals surface area contributed by atoms with Gasteiger partial charge in [0.2, 0.25) is 11.8 Å². The van der Waals surface area contributed by atoms with E-state index in [1.165, 1.54) is 4.90 Å². The minimum absolute atomic E-state index is 0.0726. The van der Waals surface area contributed by atoms with Crippen molar-refractivity contribution < 1.29 is 14.4 Å². The van der Waals surface area contributed by atoms with Crippen molar-refractivity contribution in [3.8, 4) is 0 Å². The van der Waals surface area contributed by atoms with Crippen molar-refractivity contribution in [3.63, 3.8) is 0 Å². The van der Waals surface area contributed by atoms with Crippen LogP contribution in [0.1, 0.15) is 34.8 Å². The van der Waals surface area contributed by atoms with E-state index in [9.17, 15) is 14.4 Å². The van der Waals surface area contributed by atoms with Gasteiger partial charge in [0.15, 0.2) is 0 Å². The van der Waals surface area contributed by atoms with Gasteiger partial charge in [-0.25, -0.2) is 0 Å². The van der Waals surface area contributed by atoms with Gasteiger partial charge < -0.3 is 4.90 Å². The lowest BCUT2D eigenvalue weighted by molar-refractivity contribution is -0.138. The van der Waals surface area contributed by atoms with E-state index in [-0.39, 0.29) is 12.5 Å². The number of carbonyl (C=O) groups is 3. The van der Waals surface area contributed by atoms with E-state index in [1.807, 2.05) is 39.0 Å². The quantitative estimate of drug-likeness (QED) is 0.824. The number of rotatable bonds is 2. The normalized spacial score (nSPS) is 18.9. The highest BCUT2D eigenvalue weighted by Crippen LogP contribution is 2.19. The van der Waals surface area contributed by atoms with Crippen molar-refractivity contribution in [1.29, 1.82) is 0 Å². The fraction of sp³-hybridized carbons (Fsp3) is 0.400. The summed E-state index contributed by atoms with van der Waals surface area (Å²) in [5.74, 6) is -1.08. The second kappa shape index (κ2) is 5.45. The number of hydrogen-bond acceptors (Lipinski definition) is 3. The second-order valence-electron chi connectivity index (χ2n) is 5.04. The van der Waals surface area contributed by atoms with Gasteiger partial charge >= 0.3 is 0 Å². The maximum atomic E-state index is 12.7. The summed E-state index contributed by atoms with van der Waals surface area (Å²) in [6.45, 7) is 5.46. The molecular formula is C15H18N2O3. The van der Waals surface area contributed by atoms with E-state index in [0.717, 1.165) is 11.1 Å². The van der Waals surface area contributed by atoms with Crippen LogP contribution in [0, 0.1) is 13.8 Å². The molecule has 1 N–H and O–H groups in total. The lowest BCUT2D eigenvalue weighted by Gasteiger charge is -2.34. The van der Waals surface area contributed by atoms with E-state index in [2.05, 4.69) is 5.32 Å². The van der Waals surface area contributed by atoms with Crippen LogP contribution >= 0.6 is 0 Å². The minimum Gasteiger partial charge on any atom is -0.317 e. The highest BCUT2D eigenvalue weighted by Gasteiger charge is 2.36. The van der Waals surface area contributed by atoms with Crippen molar-refractivity contribution in [1.82, 2.24) is 10.2 Å². The first-order valence-corrected chi connectivity index (χ1v) is 6.66. The van der Waals surface area contributed by atoms with E-state index in [0.29, 0.717) is 12.0 Å². The Morgan fingerprint density at radius 2 is 1.90 bits per heavy atom. The highest BCUT2D eigenvalue weighted by atomic mass is 16.2. The van der Waals surface area contributed by atoms with E-state index < -0.39 is 17.9 Å². The van der Waals surface area contributed by atoms with E-state index in [1.54, 1.807) is 0 Å². The smallest absolute Gasteiger partial charge is 0.255 e. The Bertz CT molecular complexity index is 560. The molecule has 1 heterocycles. The topological polar surface area (TPSA) is 66.5 Å². The summed E-state index contributed by atoms with van der Waals surface area (Å²) < 4.78 is 0. The number of carbonyl (C=O) groups excluding carboxylic acids is 3. The SMILES string of the molecule is CCC1C(=O)NC(=O)CN1C(=O)c1c(C)cccc1C. The number of piperazine rings is 1. The lowest BCUT2D eigenvalue weighted by Crippen LogP contribution is -2.59. The molecule has 0 saturated carbocycles. The van der Waals surface area contributed by atoms with Crippen LogP contribution in [0.25, 0.3) is 0 Å². The van der Waals surface area contributed by atoms with E-state index in [4.69, 9.17) is 0 Å². The maximum Gasteiger partial charge on any atom is 0.255 e. The van der Waals surface area contributed by atoms with Crippen molar-refractivity contribution in [2.75, 3.05) is 6.54 Å². The van der Waals surface area contributed by atoms with Gasteiger partial charge in [-0.2, -0.15) is 0 Å². The van der Waals surface area contributed by atoms with Crippen molar-refractivity contribution in [3.05, 3.63) is 34.9 Å². The molecule has 1 atom stereocenters. The molecule has 1 fully saturated rings. The Hall–Kier alpha value is -2.17. The molecule has 0 aliphatic carbocycles. The number of nitrogens with one attached hydrogen (secondary N) is 1. The van der Waals surface area contributed by atoms with Crippen LogP contribution in [0.4, 0.5) is 0 Å². The average molecular weight is 274 g/mol. The van der Waals surface area contributed by atoms with Crippen LogP contribution in [0.3, 0.4) is 0 Å². The summed E-state index contributed by atoms with van der Waals surface area (Å²) in [5, 5.41) is 2.27. The summed E-state index contributed by atoms with van der Waals surface area (Å²) >= 11 is 0. The Kier molecular flexibility index (Phi) is 3.88. The zero-order chi connectivity index (χ0) is 14.9. The summed E-state index contributed by atoms with van der Waals surface area (Å²) in [4.78, 5) is 37.4. The third kappa shape index (κ3) is 2.43. The summed E-state index contributed by atoms with van der Waals surface area (Å²) in [6, 6.07) is 5.01. The minimum atomic E-state index is -0.584. The van der Waals surface area contributed by atoms with Gasteiger partial charge in [0.1, 0.15) is 12.6 Å². The largest absolute Gasteiger partial charge is 0.317 e. The molecule has 0 aromatic heterocycles. The Balaban J connectivity index is 2.40. The number of amides is 3. The average Bonchev–Trinajstić information content (AvgIpc) is 2.37. The van der Waals surface area contributed by atoms with Crippen LogP contribution in [0.2, 0.25) is 0 Å². The number of nitrogens with zero attached hydrogens (tertiary/aromatic N) is 1. The molecule has 106 valence electrons. The predicted octanol–water partition coefficient (Wildman–Crippen LogP) is 1.18. The van der Waals surface area contributed by atoms with Gasteiger partial charge in [-0.15, -0.1) is 0 Å². The standard InChI is InChI=1S/C15H18N2O3/c1-4-11-14(19)16-12(18)8-17(11)15(20)13-9(2)6-5-7-10(13)3/h5-7,11H,4,8H2,1-3H3,(H,16,18,19).